The summed E-state index contributed by atoms with van der Waals surface area (Å²) in [5.41, 5.74) is 1.18. The lowest BCUT2D eigenvalue weighted by Crippen LogP contribution is -2.45. The SMILES string of the molecule is CC[C@@H]1O[C@@H]2O[C@H]1[C@@H](OCc1ccccc1)C[C@H]2OC. The summed E-state index contributed by atoms with van der Waals surface area (Å²) in [6.45, 7) is 2.72. The second kappa shape index (κ2) is 6.22. The summed E-state index contributed by atoms with van der Waals surface area (Å²) in [5, 5.41) is 0. The Labute approximate surface area is 120 Å². The maximum absolute atomic E-state index is 6.08. The molecular formula is C16H22O4. The van der Waals surface area contributed by atoms with Crippen LogP contribution in [0.15, 0.2) is 30.3 Å². The second-order valence-electron chi connectivity index (χ2n) is 5.40. The van der Waals surface area contributed by atoms with Crippen molar-refractivity contribution in [1.82, 2.24) is 0 Å². The van der Waals surface area contributed by atoms with Gasteiger partial charge in [-0.15, -0.1) is 0 Å². The Balaban J connectivity index is 1.65. The zero-order valence-electron chi connectivity index (χ0n) is 12.0. The highest BCUT2D eigenvalue weighted by Crippen LogP contribution is 2.36. The highest BCUT2D eigenvalue weighted by Gasteiger charge is 2.49. The van der Waals surface area contributed by atoms with E-state index in [1.165, 1.54) is 5.56 Å². The molecule has 2 saturated heterocycles. The van der Waals surface area contributed by atoms with E-state index in [1.54, 1.807) is 7.11 Å². The number of benzene rings is 1. The van der Waals surface area contributed by atoms with Gasteiger partial charge >= 0.3 is 0 Å². The van der Waals surface area contributed by atoms with Crippen LogP contribution in [0.5, 0.6) is 0 Å². The molecule has 0 aromatic heterocycles. The van der Waals surface area contributed by atoms with Crippen molar-refractivity contribution >= 4 is 0 Å². The Morgan fingerprint density at radius 1 is 1.15 bits per heavy atom. The first-order chi connectivity index (χ1) is 9.81. The van der Waals surface area contributed by atoms with Crippen molar-refractivity contribution < 1.29 is 18.9 Å². The summed E-state index contributed by atoms with van der Waals surface area (Å²) in [5.74, 6) is 0. The van der Waals surface area contributed by atoms with Gasteiger partial charge in [0.1, 0.15) is 12.2 Å². The molecule has 0 amide bonds. The topological polar surface area (TPSA) is 36.9 Å². The predicted molar refractivity (Wildman–Crippen MR) is 74.3 cm³/mol. The molecule has 4 heteroatoms. The van der Waals surface area contributed by atoms with Gasteiger partial charge < -0.3 is 18.9 Å². The fraction of sp³-hybridized carbons (Fsp3) is 0.625. The fourth-order valence-electron chi connectivity index (χ4n) is 2.98. The van der Waals surface area contributed by atoms with Gasteiger partial charge in [-0.1, -0.05) is 37.3 Å². The molecule has 110 valence electrons. The summed E-state index contributed by atoms with van der Waals surface area (Å²) < 4.78 is 23.4. The maximum atomic E-state index is 6.08. The molecule has 5 atom stereocenters. The minimum Gasteiger partial charge on any atom is -0.376 e. The number of methoxy groups -OCH3 is 1. The number of fused-ring (bicyclic) bond motifs is 2. The van der Waals surface area contributed by atoms with Crippen molar-refractivity contribution in [3.8, 4) is 0 Å². The largest absolute Gasteiger partial charge is 0.376 e. The Hall–Kier alpha value is -0.940. The van der Waals surface area contributed by atoms with Gasteiger partial charge in [0.15, 0.2) is 6.29 Å². The van der Waals surface area contributed by atoms with Crippen LogP contribution in [0.4, 0.5) is 0 Å². The van der Waals surface area contributed by atoms with Crippen LogP contribution in [0.3, 0.4) is 0 Å². The normalized spacial score (nSPS) is 36.2. The zero-order valence-corrected chi connectivity index (χ0v) is 12.0. The van der Waals surface area contributed by atoms with Crippen molar-refractivity contribution in [2.75, 3.05) is 7.11 Å². The molecular weight excluding hydrogens is 256 g/mol. The summed E-state index contributed by atoms with van der Waals surface area (Å²) in [6.07, 6.45) is 1.66. The molecule has 20 heavy (non-hydrogen) atoms. The van der Waals surface area contributed by atoms with Crippen LogP contribution in [0, 0.1) is 0 Å². The molecule has 0 unspecified atom stereocenters. The van der Waals surface area contributed by atoms with Gasteiger partial charge in [0.2, 0.25) is 0 Å². The van der Waals surface area contributed by atoms with Crippen molar-refractivity contribution in [2.45, 2.75) is 57.1 Å². The zero-order chi connectivity index (χ0) is 13.9. The van der Waals surface area contributed by atoms with Crippen molar-refractivity contribution in [2.24, 2.45) is 0 Å². The summed E-state index contributed by atoms with van der Waals surface area (Å²) in [4.78, 5) is 0. The van der Waals surface area contributed by atoms with Gasteiger partial charge in [-0.05, 0) is 12.0 Å². The van der Waals surface area contributed by atoms with Crippen molar-refractivity contribution in [3.05, 3.63) is 35.9 Å². The van der Waals surface area contributed by atoms with E-state index >= 15 is 0 Å². The molecule has 0 radical (unpaired) electrons. The van der Waals surface area contributed by atoms with E-state index in [2.05, 4.69) is 19.1 Å². The predicted octanol–water partition coefficient (Wildman–Crippen LogP) is 2.51. The molecule has 0 saturated carbocycles. The molecule has 2 fully saturated rings. The Bertz CT molecular complexity index is 420. The summed E-state index contributed by atoms with van der Waals surface area (Å²) in [7, 11) is 1.70. The number of hydrogen-bond donors (Lipinski definition) is 0. The van der Waals surface area contributed by atoms with Gasteiger partial charge in [-0.25, -0.2) is 0 Å². The van der Waals surface area contributed by atoms with Crippen LogP contribution < -0.4 is 0 Å². The third-order valence-electron chi connectivity index (χ3n) is 4.11. The van der Waals surface area contributed by atoms with E-state index in [9.17, 15) is 0 Å². The molecule has 2 heterocycles. The highest BCUT2D eigenvalue weighted by atomic mass is 16.8. The lowest BCUT2D eigenvalue weighted by atomic mass is 9.99. The number of hydrogen-bond acceptors (Lipinski definition) is 4. The number of rotatable bonds is 5. The third kappa shape index (κ3) is 2.74. The average Bonchev–Trinajstić information content (AvgIpc) is 2.87. The van der Waals surface area contributed by atoms with E-state index in [4.69, 9.17) is 18.9 Å². The van der Waals surface area contributed by atoms with Crippen LogP contribution >= 0.6 is 0 Å². The van der Waals surface area contributed by atoms with Crippen LogP contribution in [-0.2, 0) is 25.6 Å². The van der Waals surface area contributed by atoms with E-state index in [-0.39, 0.29) is 30.7 Å². The monoisotopic (exact) mass is 278 g/mol. The fourth-order valence-corrected chi connectivity index (χ4v) is 2.98. The molecule has 0 aliphatic carbocycles. The van der Waals surface area contributed by atoms with Crippen LogP contribution in [0.25, 0.3) is 0 Å². The van der Waals surface area contributed by atoms with Gasteiger partial charge in [0.05, 0.1) is 18.8 Å². The molecule has 3 rings (SSSR count). The van der Waals surface area contributed by atoms with E-state index in [1.807, 2.05) is 18.2 Å². The summed E-state index contributed by atoms with van der Waals surface area (Å²) in [6, 6.07) is 10.2. The van der Waals surface area contributed by atoms with Gasteiger partial charge in [0, 0.05) is 13.5 Å². The molecule has 0 spiro atoms. The molecule has 2 bridgehead atoms. The van der Waals surface area contributed by atoms with E-state index < -0.39 is 0 Å². The number of ether oxygens (including phenoxy) is 4. The maximum Gasteiger partial charge on any atom is 0.184 e. The Morgan fingerprint density at radius 3 is 2.65 bits per heavy atom. The standard InChI is InChI=1S/C16H22O4/c1-3-12-15-13(9-14(17-2)16(19-12)20-15)18-10-11-7-5-4-6-8-11/h4-8,12-16H,3,9-10H2,1-2H3/t12-,13-,14+,15+,16+/m0/s1. The molecule has 1 aromatic carbocycles. The molecule has 2 aliphatic rings. The van der Waals surface area contributed by atoms with Gasteiger partial charge in [0.25, 0.3) is 0 Å². The van der Waals surface area contributed by atoms with Gasteiger partial charge in [-0.2, -0.15) is 0 Å². The molecule has 1 aromatic rings. The van der Waals surface area contributed by atoms with Crippen molar-refractivity contribution in [3.63, 3.8) is 0 Å². The minimum atomic E-state index is -0.230. The quantitative estimate of drug-likeness (QED) is 0.829. The smallest absolute Gasteiger partial charge is 0.184 e. The van der Waals surface area contributed by atoms with E-state index in [0.29, 0.717) is 6.61 Å². The Morgan fingerprint density at radius 2 is 1.95 bits per heavy atom. The highest BCUT2D eigenvalue weighted by molar-refractivity contribution is 5.13. The van der Waals surface area contributed by atoms with Crippen molar-refractivity contribution in [1.29, 1.82) is 0 Å². The first kappa shape index (κ1) is 14.0. The van der Waals surface area contributed by atoms with E-state index in [0.717, 1.165) is 12.8 Å². The van der Waals surface area contributed by atoms with Crippen LogP contribution in [0.2, 0.25) is 0 Å². The van der Waals surface area contributed by atoms with Crippen LogP contribution in [0.1, 0.15) is 25.3 Å². The molecule has 2 aliphatic heterocycles. The van der Waals surface area contributed by atoms with Crippen LogP contribution in [-0.4, -0.2) is 37.8 Å². The second-order valence-corrected chi connectivity index (χ2v) is 5.40. The Kier molecular flexibility index (Phi) is 4.36. The van der Waals surface area contributed by atoms with Gasteiger partial charge in [-0.3, -0.25) is 0 Å². The minimum absolute atomic E-state index is 0.0279. The average molecular weight is 278 g/mol. The molecule has 0 N–H and O–H groups in total. The molecule has 4 nitrogen and oxygen atoms in total. The third-order valence-corrected chi connectivity index (χ3v) is 4.11. The lowest BCUT2D eigenvalue weighted by Gasteiger charge is -2.33. The first-order valence-corrected chi connectivity index (χ1v) is 7.31. The first-order valence-electron chi connectivity index (χ1n) is 7.31. The lowest BCUT2D eigenvalue weighted by molar-refractivity contribution is -0.201. The summed E-state index contributed by atoms with van der Waals surface area (Å²) >= 11 is 0.